The molecule has 0 aliphatic carbocycles. The molecule has 1 aliphatic rings. The average molecular weight is 290 g/mol. The maximum Gasteiger partial charge on any atom is 0.338 e. The quantitative estimate of drug-likeness (QED) is 0.827. The molecular weight excluding hydrogens is 268 g/mol. The van der Waals surface area contributed by atoms with Crippen LogP contribution in [0.4, 0.5) is 0 Å². The number of hydrogen-bond donors (Lipinski definition) is 2. The van der Waals surface area contributed by atoms with Crippen LogP contribution in [0.15, 0.2) is 24.3 Å². The molecule has 1 amide bonds. The summed E-state index contributed by atoms with van der Waals surface area (Å²) in [6.45, 7) is 5.83. The van der Waals surface area contributed by atoms with Crippen molar-refractivity contribution in [2.75, 3.05) is 13.1 Å². The molecule has 0 unspecified atom stereocenters. The zero-order valence-electron chi connectivity index (χ0n) is 12.5. The van der Waals surface area contributed by atoms with E-state index in [1.54, 1.807) is 12.1 Å². The molecule has 21 heavy (non-hydrogen) atoms. The topological polar surface area (TPSA) is 81.4 Å². The molecule has 1 aromatic rings. The van der Waals surface area contributed by atoms with Crippen molar-refractivity contribution in [1.82, 2.24) is 5.32 Å². The van der Waals surface area contributed by atoms with Gasteiger partial charge >= 0.3 is 5.97 Å². The highest BCUT2D eigenvalue weighted by Crippen LogP contribution is 2.29. The Morgan fingerprint density at radius 1 is 1.14 bits per heavy atom. The molecule has 5 heteroatoms. The largest absolute Gasteiger partial charge is 0.456 e. The molecule has 0 radical (unpaired) electrons. The SMILES string of the molecule is CC(C)(OC(=O)c1ccc(C(N)=O)cc1)C1CCNCC1. The zero-order chi connectivity index (χ0) is 15.5. The monoisotopic (exact) mass is 290 g/mol. The number of hydrogen-bond acceptors (Lipinski definition) is 4. The van der Waals surface area contributed by atoms with E-state index in [1.165, 1.54) is 12.1 Å². The van der Waals surface area contributed by atoms with Crippen LogP contribution in [0.3, 0.4) is 0 Å². The van der Waals surface area contributed by atoms with Crippen molar-refractivity contribution in [3.05, 3.63) is 35.4 Å². The number of rotatable bonds is 4. The van der Waals surface area contributed by atoms with Crippen LogP contribution in [0, 0.1) is 5.92 Å². The number of esters is 1. The number of nitrogens with one attached hydrogen (secondary N) is 1. The summed E-state index contributed by atoms with van der Waals surface area (Å²) >= 11 is 0. The molecule has 0 atom stereocenters. The van der Waals surface area contributed by atoms with E-state index in [0.717, 1.165) is 25.9 Å². The number of carbonyl (C=O) groups excluding carboxylic acids is 2. The van der Waals surface area contributed by atoms with E-state index >= 15 is 0 Å². The van der Waals surface area contributed by atoms with Crippen molar-refractivity contribution in [1.29, 1.82) is 0 Å². The molecule has 1 aromatic carbocycles. The number of carbonyl (C=O) groups is 2. The van der Waals surface area contributed by atoms with Crippen molar-refractivity contribution in [3.8, 4) is 0 Å². The predicted octanol–water partition coefficient (Wildman–Crippen LogP) is 1.72. The molecule has 0 bridgehead atoms. The maximum absolute atomic E-state index is 12.2. The van der Waals surface area contributed by atoms with Crippen LogP contribution in [0.1, 0.15) is 47.4 Å². The maximum atomic E-state index is 12.2. The first-order valence-corrected chi connectivity index (χ1v) is 7.24. The Balaban J connectivity index is 2.04. The van der Waals surface area contributed by atoms with Crippen LogP contribution in [0.2, 0.25) is 0 Å². The van der Waals surface area contributed by atoms with Crippen molar-refractivity contribution in [2.45, 2.75) is 32.3 Å². The number of benzene rings is 1. The van der Waals surface area contributed by atoms with Gasteiger partial charge in [0.25, 0.3) is 0 Å². The first-order valence-electron chi connectivity index (χ1n) is 7.24. The van der Waals surface area contributed by atoms with Crippen LogP contribution in [-0.4, -0.2) is 30.6 Å². The number of amides is 1. The van der Waals surface area contributed by atoms with Crippen LogP contribution < -0.4 is 11.1 Å². The Morgan fingerprint density at radius 2 is 1.67 bits per heavy atom. The smallest absolute Gasteiger partial charge is 0.338 e. The van der Waals surface area contributed by atoms with Gasteiger partial charge in [0.1, 0.15) is 5.60 Å². The lowest BCUT2D eigenvalue weighted by molar-refractivity contribution is -0.0368. The molecule has 2 rings (SSSR count). The Kier molecular flexibility index (Phi) is 4.63. The lowest BCUT2D eigenvalue weighted by atomic mass is 9.83. The van der Waals surface area contributed by atoms with E-state index in [1.807, 2.05) is 13.8 Å². The first kappa shape index (κ1) is 15.5. The molecule has 1 heterocycles. The molecule has 1 saturated heterocycles. The second-order valence-corrected chi connectivity index (χ2v) is 5.96. The van der Waals surface area contributed by atoms with Gasteiger partial charge in [0, 0.05) is 11.5 Å². The van der Waals surface area contributed by atoms with Gasteiger partial charge in [0.2, 0.25) is 5.91 Å². The van der Waals surface area contributed by atoms with E-state index in [4.69, 9.17) is 10.5 Å². The lowest BCUT2D eigenvalue weighted by Gasteiger charge is -2.36. The summed E-state index contributed by atoms with van der Waals surface area (Å²) < 4.78 is 5.68. The fraction of sp³-hybridized carbons (Fsp3) is 0.500. The predicted molar refractivity (Wildman–Crippen MR) is 80.0 cm³/mol. The Bertz CT molecular complexity index is 517. The number of nitrogens with two attached hydrogens (primary N) is 1. The van der Waals surface area contributed by atoms with E-state index in [0.29, 0.717) is 17.0 Å². The van der Waals surface area contributed by atoms with Crippen LogP contribution in [0.5, 0.6) is 0 Å². The van der Waals surface area contributed by atoms with Gasteiger partial charge in [-0.2, -0.15) is 0 Å². The van der Waals surface area contributed by atoms with Gasteiger partial charge in [-0.3, -0.25) is 4.79 Å². The van der Waals surface area contributed by atoms with Crippen molar-refractivity contribution in [2.24, 2.45) is 11.7 Å². The highest BCUT2D eigenvalue weighted by atomic mass is 16.6. The van der Waals surface area contributed by atoms with E-state index in [-0.39, 0.29) is 5.97 Å². The molecule has 1 aliphatic heterocycles. The summed E-state index contributed by atoms with van der Waals surface area (Å²) in [5.74, 6) is -0.521. The second kappa shape index (κ2) is 6.26. The van der Waals surface area contributed by atoms with Gasteiger partial charge < -0.3 is 15.8 Å². The average Bonchev–Trinajstić information content (AvgIpc) is 2.48. The Labute approximate surface area is 124 Å². The van der Waals surface area contributed by atoms with Crippen molar-refractivity contribution < 1.29 is 14.3 Å². The van der Waals surface area contributed by atoms with Gasteiger partial charge in [-0.1, -0.05) is 0 Å². The van der Waals surface area contributed by atoms with Crippen LogP contribution in [-0.2, 0) is 4.74 Å². The third-order valence-electron chi connectivity index (χ3n) is 4.08. The van der Waals surface area contributed by atoms with E-state index in [2.05, 4.69) is 5.32 Å². The fourth-order valence-corrected chi connectivity index (χ4v) is 2.67. The van der Waals surface area contributed by atoms with Crippen LogP contribution >= 0.6 is 0 Å². The highest BCUT2D eigenvalue weighted by molar-refractivity contribution is 5.95. The molecular formula is C16H22N2O3. The Morgan fingerprint density at radius 3 is 2.19 bits per heavy atom. The summed E-state index contributed by atoms with van der Waals surface area (Å²) in [5.41, 5.74) is 5.49. The van der Waals surface area contributed by atoms with E-state index in [9.17, 15) is 9.59 Å². The van der Waals surface area contributed by atoms with Crippen molar-refractivity contribution in [3.63, 3.8) is 0 Å². The number of piperidine rings is 1. The third kappa shape index (κ3) is 3.82. The minimum absolute atomic E-state index is 0.354. The molecule has 5 nitrogen and oxygen atoms in total. The van der Waals surface area contributed by atoms with Gasteiger partial charge in [0.15, 0.2) is 0 Å². The summed E-state index contributed by atoms with van der Waals surface area (Å²) in [6.07, 6.45) is 2.00. The number of primary amides is 1. The van der Waals surface area contributed by atoms with E-state index < -0.39 is 11.5 Å². The van der Waals surface area contributed by atoms with Gasteiger partial charge in [-0.25, -0.2) is 4.79 Å². The normalized spacial score (nSPS) is 16.5. The zero-order valence-corrected chi connectivity index (χ0v) is 12.5. The van der Waals surface area contributed by atoms with Crippen LogP contribution in [0.25, 0.3) is 0 Å². The third-order valence-corrected chi connectivity index (χ3v) is 4.08. The fourth-order valence-electron chi connectivity index (χ4n) is 2.67. The van der Waals surface area contributed by atoms with Gasteiger partial charge in [-0.05, 0) is 64.0 Å². The highest BCUT2D eigenvalue weighted by Gasteiger charge is 2.34. The molecule has 0 spiro atoms. The standard InChI is InChI=1S/C16H22N2O3/c1-16(2,13-7-9-18-10-8-13)21-15(20)12-5-3-11(4-6-12)14(17)19/h3-6,13,18H,7-10H2,1-2H3,(H2,17,19). The van der Waals surface area contributed by atoms with Gasteiger partial charge in [0.05, 0.1) is 5.56 Å². The molecule has 0 aromatic heterocycles. The lowest BCUT2D eigenvalue weighted by Crippen LogP contribution is -2.42. The number of ether oxygens (including phenoxy) is 1. The summed E-state index contributed by atoms with van der Waals surface area (Å²) in [4.78, 5) is 23.2. The Hall–Kier alpha value is -1.88. The molecule has 0 saturated carbocycles. The minimum Gasteiger partial charge on any atom is -0.456 e. The first-order chi connectivity index (χ1) is 9.90. The minimum atomic E-state index is -0.509. The second-order valence-electron chi connectivity index (χ2n) is 5.96. The molecule has 1 fully saturated rings. The molecule has 3 N–H and O–H groups in total. The van der Waals surface area contributed by atoms with Crippen molar-refractivity contribution >= 4 is 11.9 Å². The summed E-state index contributed by atoms with van der Waals surface area (Å²) in [5, 5.41) is 3.30. The summed E-state index contributed by atoms with van der Waals surface area (Å²) in [7, 11) is 0. The summed E-state index contributed by atoms with van der Waals surface area (Å²) in [6, 6.07) is 6.22. The van der Waals surface area contributed by atoms with Gasteiger partial charge in [-0.15, -0.1) is 0 Å². The molecule has 114 valence electrons.